The Balaban J connectivity index is 1.47. The van der Waals surface area contributed by atoms with Crippen molar-refractivity contribution >= 4 is 33.6 Å². The fourth-order valence-corrected chi connectivity index (χ4v) is 3.35. The number of carbonyl (C=O) groups is 1. The highest BCUT2D eigenvalue weighted by Gasteiger charge is 2.27. The summed E-state index contributed by atoms with van der Waals surface area (Å²) in [7, 11) is 0. The normalized spacial score (nSPS) is 17.3. The molecule has 2 aromatic rings. The summed E-state index contributed by atoms with van der Waals surface area (Å²) in [6.07, 6.45) is 6.02. The number of likely N-dealkylation sites (tertiary alicyclic amines) is 1. The Morgan fingerprint density at radius 1 is 1.35 bits per heavy atom. The smallest absolute Gasteiger partial charge is 0.233 e. The molecule has 0 aliphatic carbocycles. The van der Waals surface area contributed by atoms with E-state index in [1.807, 2.05) is 29.2 Å². The summed E-state index contributed by atoms with van der Waals surface area (Å²) in [6.45, 7) is 1.35. The fraction of sp³-hybridized carbons (Fsp3) is 0.312. The second-order valence-electron chi connectivity index (χ2n) is 5.15. The van der Waals surface area contributed by atoms with E-state index in [4.69, 9.17) is 4.74 Å². The van der Waals surface area contributed by atoms with Crippen molar-refractivity contribution in [2.45, 2.75) is 17.4 Å². The van der Waals surface area contributed by atoms with Gasteiger partial charge in [0.05, 0.1) is 12.3 Å². The van der Waals surface area contributed by atoms with Gasteiger partial charge in [-0.3, -0.25) is 9.78 Å². The molecule has 0 aromatic carbocycles. The number of amides is 1. The van der Waals surface area contributed by atoms with Gasteiger partial charge in [0, 0.05) is 47.0 Å². The molecule has 3 rings (SSSR count). The van der Waals surface area contributed by atoms with Gasteiger partial charge in [-0.15, -0.1) is 11.8 Å². The van der Waals surface area contributed by atoms with E-state index in [9.17, 15) is 4.79 Å². The molecule has 3 heterocycles. The number of aromatic nitrogens is 2. The zero-order valence-corrected chi connectivity index (χ0v) is 14.8. The first-order chi connectivity index (χ1) is 11.2. The van der Waals surface area contributed by atoms with E-state index in [1.165, 1.54) is 11.8 Å². The summed E-state index contributed by atoms with van der Waals surface area (Å²) >= 11 is 4.88. The lowest BCUT2D eigenvalue weighted by molar-refractivity contribution is -0.127. The lowest BCUT2D eigenvalue weighted by Crippen LogP contribution is -2.32. The average molecular weight is 394 g/mol. The molecule has 1 unspecified atom stereocenters. The van der Waals surface area contributed by atoms with Crippen LogP contribution >= 0.6 is 27.7 Å². The fourth-order valence-electron chi connectivity index (χ4n) is 2.32. The highest BCUT2D eigenvalue weighted by molar-refractivity contribution is 9.10. The number of carbonyl (C=O) groups excluding carboxylic acids is 1. The van der Waals surface area contributed by atoms with Crippen molar-refractivity contribution in [1.29, 1.82) is 0 Å². The number of thioether (sulfide) groups is 1. The Morgan fingerprint density at radius 3 is 2.91 bits per heavy atom. The van der Waals surface area contributed by atoms with Crippen molar-refractivity contribution in [3.8, 4) is 5.88 Å². The second-order valence-corrected chi connectivity index (χ2v) is 7.12. The topological polar surface area (TPSA) is 55.3 Å². The van der Waals surface area contributed by atoms with Crippen molar-refractivity contribution in [3.05, 3.63) is 47.3 Å². The third kappa shape index (κ3) is 4.68. The number of hydrogen-bond donors (Lipinski definition) is 0. The lowest BCUT2D eigenvalue weighted by Gasteiger charge is -2.16. The number of rotatable bonds is 5. The summed E-state index contributed by atoms with van der Waals surface area (Å²) in [5.74, 6) is 1.17. The van der Waals surface area contributed by atoms with Gasteiger partial charge in [-0.1, -0.05) is 0 Å². The maximum atomic E-state index is 12.3. The Hall–Kier alpha value is -1.60. The van der Waals surface area contributed by atoms with Crippen LogP contribution in [0.1, 0.15) is 6.42 Å². The number of nitrogens with zero attached hydrogens (tertiary/aromatic N) is 3. The SMILES string of the molecule is O=C(CSc1ccncc1)N1CCC(Oc2ccc(Br)cn2)C1. The molecule has 5 nitrogen and oxygen atoms in total. The molecule has 1 atom stereocenters. The summed E-state index contributed by atoms with van der Waals surface area (Å²) in [4.78, 5) is 23.4. The highest BCUT2D eigenvalue weighted by atomic mass is 79.9. The first-order valence-electron chi connectivity index (χ1n) is 7.29. The van der Waals surface area contributed by atoms with E-state index in [-0.39, 0.29) is 12.0 Å². The molecule has 0 N–H and O–H groups in total. The van der Waals surface area contributed by atoms with E-state index in [1.54, 1.807) is 18.6 Å². The maximum Gasteiger partial charge on any atom is 0.233 e. The van der Waals surface area contributed by atoms with Crippen LogP contribution in [0.4, 0.5) is 0 Å². The lowest BCUT2D eigenvalue weighted by atomic mass is 10.3. The van der Waals surface area contributed by atoms with Crippen LogP contribution in [0, 0.1) is 0 Å². The molecule has 1 aliphatic rings. The molecule has 2 aromatic heterocycles. The summed E-state index contributed by atoms with van der Waals surface area (Å²) in [5, 5.41) is 0. The number of hydrogen-bond acceptors (Lipinski definition) is 5. The van der Waals surface area contributed by atoms with Crippen LogP contribution in [-0.4, -0.2) is 45.7 Å². The number of ether oxygens (including phenoxy) is 1. The van der Waals surface area contributed by atoms with Crippen molar-refractivity contribution in [2.24, 2.45) is 0 Å². The van der Waals surface area contributed by atoms with Gasteiger partial charge in [0.15, 0.2) is 0 Å². The van der Waals surface area contributed by atoms with Crippen LogP contribution in [-0.2, 0) is 4.79 Å². The summed E-state index contributed by atoms with van der Waals surface area (Å²) in [5.41, 5.74) is 0. The predicted molar refractivity (Wildman–Crippen MR) is 92.5 cm³/mol. The first-order valence-corrected chi connectivity index (χ1v) is 9.07. The van der Waals surface area contributed by atoms with Gasteiger partial charge >= 0.3 is 0 Å². The molecule has 0 bridgehead atoms. The predicted octanol–water partition coefficient (Wildman–Crippen LogP) is 3.01. The Labute approximate surface area is 147 Å². The molecule has 120 valence electrons. The van der Waals surface area contributed by atoms with E-state index in [0.29, 0.717) is 18.2 Å². The molecule has 1 fully saturated rings. The number of pyridine rings is 2. The van der Waals surface area contributed by atoms with Crippen molar-refractivity contribution in [2.75, 3.05) is 18.8 Å². The van der Waals surface area contributed by atoms with Crippen molar-refractivity contribution in [1.82, 2.24) is 14.9 Å². The summed E-state index contributed by atoms with van der Waals surface area (Å²) in [6, 6.07) is 7.54. The monoisotopic (exact) mass is 393 g/mol. The van der Waals surface area contributed by atoms with Gasteiger partial charge < -0.3 is 9.64 Å². The Morgan fingerprint density at radius 2 is 2.17 bits per heavy atom. The van der Waals surface area contributed by atoms with Crippen LogP contribution in [0.2, 0.25) is 0 Å². The average Bonchev–Trinajstić information content (AvgIpc) is 3.04. The van der Waals surface area contributed by atoms with Crippen molar-refractivity contribution in [3.63, 3.8) is 0 Å². The third-order valence-electron chi connectivity index (χ3n) is 3.50. The highest BCUT2D eigenvalue weighted by Crippen LogP contribution is 2.21. The molecule has 1 aliphatic heterocycles. The molecule has 23 heavy (non-hydrogen) atoms. The zero-order valence-electron chi connectivity index (χ0n) is 12.4. The second kappa shape index (κ2) is 7.79. The molecule has 7 heteroatoms. The molecule has 1 saturated heterocycles. The van der Waals surface area contributed by atoms with E-state index in [0.717, 1.165) is 22.3 Å². The Bertz CT molecular complexity index is 654. The maximum absolute atomic E-state index is 12.3. The minimum Gasteiger partial charge on any atom is -0.472 e. The van der Waals surface area contributed by atoms with Crippen LogP contribution in [0.3, 0.4) is 0 Å². The number of halogens is 1. The third-order valence-corrected chi connectivity index (χ3v) is 4.96. The molecule has 0 saturated carbocycles. The van der Waals surface area contributed by atoms with Crippen LogP contribution < -0.4 is 4.74 Å². The van der Waals surface area contributed by atoms with Gasteiger partial charge in [0.1, 0.15) is 6.10 Å². The molecular formula is C16H16BrN3O2S. The zero-order chi connectivity index (χ0) is 16.1. The van der Waals surface area contributed by atoms with E-state index < -0.39 is 0 Å². The van der Waals surface area contributed by atoms with Gasteiger partial charge in [-0.2, -0.15) is 0 Å². The van der Waals surface area contributed by atoms with E-state index in [2.05, 4.69) is 25.9 Å². The molecule has 1 amide bonds. The van der Waals surface area contributed by atoms with Crippen molar-refractivity contribution < 1.29 is 9.53 Å². The first kappa shape index (κ1) is 16.3. The standard InChI is InChI=1S/C16H16BrN3O2S/c17-12-1-2-15(19-9-12)22-13-5-8-20(10-13)16(21)11-23-14-3-6-18-7-4-14/h1-4,6-7,9,13H,5,8,10-11H2. The summed E-state index contributed by atoms with van der Waals surface area (Å²) < 4.78 is 6.75. The molecule has 0 radical (unpaired) electrons. The van der Waals surface area contributed by atoms with E-state index >= 15 is 0 Å². The van der Waals surface area contributed by atoms with Gasteiger partial charge in [0.2, 0.25) is 11.8 Å². The minimum absolute atomic E-state index is 0.0125. The molecule has 0 spiro atoms. The van der Waals surface area contributed by atoms with Gasteiger partial charge in [0.25, 0.3) is 0 Å². The van der Waals surface area contributed by atoms with Crippen LogP contribution in [0.15, 0.2) is 52.2 Å². The Kier molecular flexibility index (Phi) is 5.51. The van der Waals surface area contributed by atoms with Crippen LogP contribution in [0.25, 0.3) is 0 Å². The van der Waals surface area contributed by atoms with Crippen LogP contribution in [0.5, 0.6) is 5.88 Å². The van der Waals surface area contributed by atoms with Gasteiger partial charge in [-0.05, 0) is 34.1 Å². The molecular weight excluding hydrogens is 378 g/mol. The quantitative estimate of drug-likeness (QED) is 0.730. The van der Waals surface area contributed by atoms with Gasteiger partial charge in [-0.25, -0.2) is 4.98 Å². The minimum atomic E-state index is 0.0125. The largest absolute Gasteiger partial charge is 0.472 e.